The van der Waals surface area contributed by atoms with Gasteiger partial charge >= 0.3 is 0 Å². The Morgan fingerprint density at radius 3 is 2.30 bits per heavy atom. The van der Waals surface area contributed by atoms with Crippen molar-refractivity contribution in [1.29, 1.82) is 0 Å². The maximum Gasteiger partial charge on any atom is 0.248 e. The van der Waals surface area contributed by atoms with Gasteiger partial charge in [-0.25, -0.2) is 0 Å². The minimum atomic E-state index is -1.02. The highest BCUT2D eigenvalue weighted by molar-refractivity contribution is 6.01. The predicted octanol–water partition coefficient (Wildman–Crippen LogP) is 4.14. The molecule has 3 aromatic carbocycles. The number of ketones is 1. The molecule has 2 aliphatic heterocycles. The van der Waals surface area contributed by atoms with E-state index in [0.717, 1.165) is 22.4 Å². The number of rotatable bonds is 5. The van der Waals surface area contributed by atoms with E-state index in [2.05, 4.69) is 5.10 Å². The lowest BCUT2D eigenvalue weighted by molar-refractivity contribution is -0.529. The molecule has 4 atom stereocenters. The Morgan fingerprint density at radius 1 is 0.970 bits per heavy atom. The lowest BCUT2D eigenvalue weighted by atomic mass is 9.82. The van der Waals surface area contributed by atoms with Crippen LogP contribution in [-0.2, 0) is 0 Å². The molecule has 5 rings (SSSR count). The molecule has 0 amide bonds. The number of hydrogen-bond donors (Lipinski definition) is 0. The van der Waals surface area contributed by atoms with Crippen LogP contribution in [0.25, 0.3) is 0 Å². The number of hydrogen-bond acceptors (Lipinski definition) is 6. The van der Waals surface area contributed by atoms with Gasteiger partial charge in [0.15, 0.2) is 5.78 Å². The summed E-state index contributed by atoms with van der Waals surface area (Å²) < 4.78 is 0. The summed E-state index contributed by atoms with van der Waals surface area (Å²) in [6, 6.07) is 21.8. The van der Waals surface area contributed by atoms with Gasteiger partial charge < -0.3 is 4.90 Å². The predicted molar refractivity (Wildman–Crippen MR) is 127 cm³/mol. The highest BCUT2D eigenvalue weighted by Gasteiger charge is 2.60. The Bertz CT molecular complexity index is 1220. The van der Waals surface area contributed by atoms with E-state index >= 15 is 0 Å². The lowest BCUT2D eigenvalue weighted by Crippen LogP contribution is -2.38. The minimum absolute atomic E-state index is 0.164. The molecule has 3 aromatic rings. The summed E-state index contributed by atoms with van der Waals surface area (Å²) in [6.07, 6.45) is 1.70. The highest BCUT2D eigenvalue weighted by Crippen LogP contribution is 2.49. The zero-order valence-corrected chi connectivity index (χ0v) is 18.4. The number of anilines is 1. The topological polar surface area (TPSA) is 79.0 Å². The van der Waals surface area contributed by atoms with Crippen molar-refractivity contribution in [3.63, 3.8) is 0 Å². The zero-order chi connectivity index (χ0) is 23.1. The van der Waals surface area contributed by atoms with Gasteiger partial charge in [0.1, 0.15) is 12.1 Å². The fourth-order valence-electron chi connectivity index (χ4n) is 5.05. The van der Waals surface area contributed by atoms with E-state index in [1.165, 1.54) is 0 Å². The summed E-state index contributed by atoms with van der Waals surface area (Å²) in [4.78, 5) is 28.1. The molecule has 2 heterocycles. The molecular weight excluding hydrogens is 416 g/mol. The summed E-state index contributed by atoms with van der Waals surface area (Å²) in [5.41, 5.74) is 3.95. The molecule has 33 heavy (non-hydrogen) atoms. The van der Waals surface area contributed by atoms with Crippen LogP contribution >= 0.6 is 0 Å². The van der Waals surface area contributed by atoms with Crippen molar-refractivity contribution in [1.82, 2.24) is 5.01 Å². The molecule has 166 valence electrons. The number of benzene rings is 3. The molecule has 0 saturated carbocycles. The van der Waals surface area contributed by atoms with Crippen molar-refractivity contribution >= 4 is 17.7 Å². The van der Waals surface area contributed by atoms with Gasteiger partial charge in [0.05, 0.1) is 12.1 Å². The summed E-state index contributed by atoms with van der Waals surface area (Å²) in [5.74, 6) is -0.819. The van der Waals surface area contributed by atoms with Gasteiger partial charge in [0, 0.05) is 35.8 Å². The molecule has 7 heteroatoms. The van der Waals surface area contributed by atoms with Crippen molar-refractivity contribution in [2.75, 3.05) is 19.0 Å². The normalized spacial score (nSPS) is 23.0. The van der Waals surface area contributed by atoms with E-state index in [-0.39, 0.29) is 10.7 Å². The second-order valence-corrected chi connectivity index (χ2v) is 8.66. The summed E-state index contributed by atoms with van der Waals surface area (Å²) in [6.45, 7) is 0. The Morgan fingerprint density at radius 2 is 1.64 bits per heavy atom. The van der Waals surface area contributed by atoms with Crippen molar-refractivity contribution in [3.05, 3.63) is 111 Å². The van der Waals surface area contributed by atoms with E-state index in [4.69, 9.17) is 0 Å². The van der Waals surface area contributed by atoms with Crippen LogP contribution in [0.5, 0.6) is 0 Å². The van der Waals surface area contributed by atoms with Crippen LogP contribution in [0.1, 0.15) is 39.0 Å². The molecule has 0 unspecified atom stereocenters. The van der Waals surface area contributed by atoms with Crippen molar-refractivity contribution < 1.29 is 9.72 Å². The third-order valence-electron chi connectivity index (χ3n) is 6.61. The number of hydrazone groups is 1. The second kappa shape index (κ2) is 8.16. The van der Waals surface area contributed by atoms with Crippen LogP contribution in [0.15, 0.2) is 84.0 Å². The van der Waals surface area contributed by atoms with Gasteiger partial charge in [-0.05, 0) is 23.3 Å². The van der Waals surface area contributed by atoms with Gasteiger partial charge in [-0.1, -0.05) is 66.7 Å². The first-order valence-electron chi connectivity index (χ1n) is 10.9. The average Bonchev–Trinajstić information content (AvgIpc) is 3.20. The number of Topliss-reactive ketones (excluding diaryl/α,β-unsaturated/α-hetero) is 1. The van der Waals surface area contributed by atoms with Crippen LogP contribution < -0.4 is 4.90 Å². The largest absolute Gasteiger partial charge is 0.378 e. The van der Waals surface area contributed by atoms with Gasteiger partial charge in [-0.2, -0.15) is 5.10 Å². The number of nitrogens with zero attached hydrogens (tertiary/aromatic N) is 4. The second-order valence-electron chi connectivity index (χ2n) is 8.66. The Kier molecular flexibility index (Phi) is 5.17. The molecule has 0 aliphatic carbocycles. The van der Waals surface area contributed by atoms with Gasteiger partial charge in [0.2, 0.25) is 6.04 Å². The van der Waals surface area contributed by atoms with Crippen LogP contribution in [0.3, 0.4) is 0 Å². The summed E-state index contributed by atoms with van der Waals surface area (Å²) in [7, 11) is 3.89. The van der Waals surface area contributed by atoms with Gasteiger partial charge in [-0.3, -0.25) is 19.9 Å². The maximum atomic E-state index is 13.8. The first-order chi connectivity index (χ1) is 16.0. The monoisotopic (exact) mass is 440 g/mol. The molecule has 0 radical (unpaired) electrons. The molecule has 1 saturated heterocycles. The van der Waals surface area contributed by atoms with Crippen molar-refractivity contribution in [2.45, 2.75) is 24.0 Å². The third kappa shape index (κ3) is 3.46. The number of carbonyl (C=O) groups is 1. The maximum absolute atomic E-state index is 13.8. The Labute approximate surface area is 192 Å². The number of fused-ring (bicyclic) bond motifs is 3. The molecule has 0 aromatic heterocycles. The first kappa shape index (κ1) is 20.9. The molecule has 0 spiro atoms. The van der Waals surface area contributed by atoms with Crippen LogP contribution in [0.4, 0.5) is 5.69 Å². The van der Waals surface area contributed by atoms with E-state index in [9.17, 15) is 14.9 Å². The Balaban J connectivity index is 1.68. The smallest absolute Gasteiger partial charge is 0.248 e. The molecule has 0 bridgehead atoms. The Hall–Kier alpha value is -4.00. The molecule has 2 aliphatic rings. The van der Waals surface area contributed by atoms with E-state index in [1.54, 1.807) is 35.5 Å². The van der Waals surface area contributed by atoms with Crippen molar-refractivity contribution in [3.8, 4) is 0 Å². The van der Waals surface area contributed by atoms with E-state index in [1.807, 2.05) is 73.6 Å². The number of carbonyl (C=O) groups excluding carboxylic acids is 1. The van der Waals surface area contributed by atoms with Crippen LogP contribution in [0, 0.1) is 10.1 Å². The highest BCUT2D eigenvalue weighted by atomic mass is 16.6. The van der Waals surface area contributed by atoms with E-state index < -0.39 is 24.0 Å². The summed E-state index contributed by atoms with van der Waals surface area (Å²) >= 11 is 0. The summed E-state index contributed by atoms with van der Waals surface area (Å²) in [5, 5.41) is 18.8. The molecule has 7 nitrogen and oxygen atoms in total. The zero-order valence-electron chi connectivity index (χ0n) is 18.4. The third-order valence-corrected chi connectivity index (χ3v) is 6.61. The van der Waals surface area contributed by atoms with E-state index in [0.29, 0.717) is 5.56 Å². The fourth-order valence-corrected chi connectivity index (χ4v) is 5.05. The van der Waals surface area contributed by atoms with Crippen LogP contribution in [0.2, 0.25) is 0 Å². The van der Waals surface area contributed by atoms with Gasteiger partial charge in [0.25, 0.3) is 0 Å². The molecule has 0 N–H and O–H groups in total. The average molecular weight is 441 g/mol. The quantitative estimate of drug-likeness (QED) is 0.339. The minimum Gasteiger partial charge on any atom is -0.378 e. The first-order valence-corrected chi connectivity index (χ1v) is 10.9. The van der Waals surface area contributed by atoms with Crippen molar-refractivity contribution in [2.24, 2.45) is 5.10 Å². The van der Waals surface area contributed by atoms with Crippen LogP contribution in [-0.4, -0.2) is 48.1 Å². The standard InChI is InChI=1S/C26H24N4O3/c1-28(2)20-14-12-17(13-15-20)22-24(30(32)33)23-21-11-7-6-10-19(21)16-27-29(23)25(22)26(31)18-8-4-3-5-9-18/h3-16,22-25H,1-2H3/t22-,23+,24+,25+/m0/s1. The van der Waals surface area contributed by atoms with Gasteiger partial charge in [-0.15, -0.1) is 0 Å². The fraction of sp³-hybridized carbons (Fsp3) is 0.231. The molecule has 1 fully saturated rings. The SMILES string of the molecule is CN(C)c1ccc([C@H]2[C@@H]([N+](=O)[O-])[C@H]3c4ccccc4C=NN3[C@H]2C(=O)c2ccccc2)cc1. The molecular formula is C26H24N4O3. The lowest BCUT2D eigenvalue weighted by Gasteiger charge is -2.30. The number of nitro groups is 1.